The number of hydrogen-bond acceptors (Lipinski definition) is 5. The van der Waals surface area contributed by atoms with Gasteiger partial charge in [-0.05, 0) is 54.3 Å². The second-order valence-corrected chi connectivity index (χ2v) is 8.80. The van der Waals surface area contributed by atoms with Gasteiger partial charge in [0.2, 0.25) is 5.43 Å². The molecule has 0 unspecified atom stereocenters. The third-order valence-corrected chi connectivity index (χ3v) is 6.26. The summed E-state index contributed by atoms with van der Waals surface area (Å²) >= 11 is 6.93. The summed E-state index contributed by atoms with van der Waals surface area (Å²) in [7, 11) is 0. The van der Waals surface area contributed by atoms with Crippen molar-refractivity contribution in [2.24, 2.45) is 0 Å². The van der Waals surface area contributed by atoms with Gasteiger partial charge in [0.05, 0.1) is 15.1 Å². The molecular weight excluding hydrogens is 480 g/mol. The van der Waals surface area contributed by atoms with Gasteiger partial charge in [0.15, 0.2) is 5.69 Å². The fourth-order valence-electron chi connectivity index (χ4n) is 3.42. The standard InChI is InChI=1S/C22H11ClF4N4OS/c1-10-4-15-19(29-8-10)21(32)20(30-31(15)14-3-2-12(23)7-13(14)24)16-5-11-6-18(22(25,26)27)28-9-17(11)33-16/h2-9H,1H3. The van der Waals surface area contributed by atoms with E-state index in [0.717, 1.165) is 35.2 Å². The number of alkyl halides is 3. The molecule has 0 aliphatic carbocycles. The van der Waals surface area contributed by atoms with Crippen LogP contribution in [0.1, 0.15) is 11.3 Å². The van der Waals surface area contributed by atoms with E-state index in [1.54, 1.807) is 13.0 Å². The quantitative estimate of drug-likeness (QED) is 0.277. The third-order valence-electron chi connectivity index (χ3n) is 4.93. The number of benzene rings is 1. The molecule has 33 heavy (non-hydrogen) atoms. The van der Waals surface area contributed by atoms with Crippen LogP contribution >= 0.6 is 22.9 Å². The van der Waals surface area contributed by atoms with E-state index in [9.17, 15) is 22.4 Å². The first-order chi connectivity index (χ1) is 15.6. The first-order valence-electron chi connectivity index (χ1n) is 9.44. The van der Waals surface area contributed by atoms with Crippen LogP contribution in [-0.2, 0) is 6.18 Å². The Bertz CT molecular complexity index is 1630. The summed E-state index contributed by atoms with van der Waals surface area (Å²) in [5, 5.41) is 4.84. The van der Waals surface area contributed by atoms with Crippen LogP contribution in [0.15, 0.2) is 53.6 Å². The monoisotopic (exact) mass is 490 g/mol. The van der Waals surface area contributed by atoms with Crippen LogP contribution < -0.4 is 5.43 Å². The van der Waals surface area contributed by atoms with Gasteiger partial charge in [0, 0.05) is 17.4 Å². The lowest BCUT2D eigenvalue weighted by Crippen LogP contribution is -2.17. The molecule has 5 nitrogen and oxygen atoms in total. The molecule has 0 spiro atoms. The van der Waals surface area contributed by atoms with Crippen molar-refractivity contribution < 1.29 is 17.6 Å². The molecule has 5 rings (SSSR count). The highest BCUT2D eigenvalue weighted by Crippen LogP contribution is 2.35. The Balaban J connectivity index is 1.80. The van der Waals surface area contributed by atoms with E-state index < -0.39 is 23.1 Å². The largest absolute Gasteiger partial charge is 0.433 e. The number of nitrogens with zero attached hydrogens (tertiary/aromatic N) is 4. The lowest BCUT2D eigenvalue weighted by molar-refractivity contribution is -0.141. The Morgan fingerprint density at radius 1 is 1.06 bits per heavy atom. The van der Waals surface area contributed by atoms with Gasteiger partial charge in [0.1, 0.15) is 22.7 Å². The fraction of sp³-hybridized carbons (Fsp3) is 0.0909. The fourth-order valence-corrected chi connectivity index (χ4v) is 4.57. The summed E-state index contributed by atoms with van der Waals surface area (Å²) in [4.78, 5) is 21.2. The highest BCUT2D eigenvalue weighted by Gasteiger charge is 2.32. The number of fused-ring (bicyclic) bond motifs is 2. The summed E-state index contributed by atoms with van der Waals surface area (Å²) < 4.78 is 55.6. The molecule has 4 aromatic heterocycles. The van der Waals surface area contributed by atoms with Crippen molar-refractivity contribution in [2.45, 2.75) is 13.1 Å². The van der Waals surface area contributed by atoms with Gasteiger partial charge in [-0.15, -0.1) is 11.3 Å². The number of thiophene rings is 1. The Morgan fingerprint density at radius 2 is 1.85 bits per heavy atom. The molecular formula is C22H11ClF4N4OS. The number of halogens is 5. The van der Waals surface area contributed by atoms with Gasteiger partial charge >= 0.3 is 6.18 Å². The van der Waals surface area contributed by atoms with Crippen LogP contribution in [0.4, 0.5) is 17.6 Å². The molecule has 0 N–H and O–H groups in total. The summed E-state index contributed by atoms with van der Waals surface area (Å²) in [5.41, 5.74) is -0.524. The maximum absolute atomic E-state index is 14.8. The van der Waals surface area contributed by atoms with E-state index >= 15 is 0 Å². The van der Waals surface area contributed by atoms with Crippen LogP contribution in [0, 0.1) is 12.7 Å². The maximum Gasteiger partial charge on any atom is 0.433 e. The van der Waals surface area contributed by atoms with E-state index in [1.807, 2.05) is 0 Å². The second-order valence-electron chi connectivity index (χ2n) is 7.28. The molecule has 0 aliphatic heterocycles. The van der Waals surface area contributed by atoms with Crippen LogP contribution in [-0.4, -0.2) is 19.7 Å². The first kappa shape index (κ1) is 21.5. The maximum atomic E-state index is 14.8. The average Bonchev–Trinajstić information content (AvgIpc) is 3.17. The van der Waals surface area contributed by atoms with Crippen molar-refractivity contribution in [1.29, 1.82) is 0 Å². The molecule has 0 radical (unpaired) electrons. The molecule has 5 aromatic rings. The van der Waals surface area contributed by atoms with Crippen LogP contribution in [0.2, 0.25) is 5.02 Å². The van der Waals surface area contributed by atoms with Gasteiger partial charge < -0.3 is 0 Å². The van der Waals surface area contributed by atoms with Crippen molar-refractivity contribution in [3.63, 3.8) is 0 Å². The zero-order chi connectivity index (χ0) is 23.5. The smallest absolute Gasteiger partial charge is 0.285 e. The van der Waals surface area contributed by atoms with E-state index in [1.165, 1.54) is 29.1 Å². The second kappa shape index (κ2) is 7.60. The van der Waals surface area contributed by atoms with Crippen molar-refractivity contribution in [1.82, 2.24) is 19.7 Å². The normalized spacial score (nSPS) is 12.1. The molecule has 0 atom stereocenters. The lowest BCUT2D eigenvalue weighted by Gasteiger charge is -2.12. The molecule has 0 fully saturated rings. The van der Waals surface area contributed by atoms with Crippen LogP contribution in [0.3, 0.4) is 0 Å². The molecule has 0 saturated heterocycles. The first-order valence-corrected chi connectivity index (χ1v) is 10.6. The number of aromatic nitrogens is 4. The predicted octanol–water partition coefficient (Wildman–Crippen LogP) is 6.18. The van der Waals surface area contributed by atoms with Gasteiger partial charge in [0.25, 0.3) is 0 Å². The number of pyridine rings is 2. The molecule has 166 valence electrons. The highest BCUT2D eigenvalue weighted by molar-refractivity contribution is 7.22. The van der Waals surface area contributed by atoms with Crippen molar-refractivity contribution in [2.75, 3.05) is 0 Å². The van der Waals surface area contributed by atoms with Crippen molar-refractivity contribution in [3.8, 4) is 16.3 Å². The minimum atomic E-state index is -4.60. The van der Waals surface area contributed by atoms with Crippen molar-refractivity contribution >= 4 is 44.1 Å². The molecule has 4 heterocycles. The zero-order valence-corrected chi connectivity index (χ0v) is 18.2. The van der Waals surface area contributed by atoms with E-state index in [-0.39, 0.29) is 32.8 Å². The zero-order valence-electron chi connectivity index (χ0n) is 16.6. The number of rotatable bonds is 2. The number of aryl methyl sites for hydroxylation is 1. The molecule has 0 amide bonds. The van der Waals surface area contributed by atoms with Crippen LogP contribution in [0.5, 0.6) is 0 Å². The van der Waals surface area contributed by atoms with E-state index in [2.05, 4.69) is 15.1 Å². The average molecular weight is 491 g/mol. The van der Waals surface area contributed by atoms with Gasteiger partial charge in [-0.3, -0.25) is 14.8 Å². The van der Waals surface area contributed by atoms with Gasteiger partial charge in [-0.2, -0.15) is 18.3 Å². The molecule has 0 saturated carbocycles. The van der Waals surface area contributed by atoms with E-state index in [4.69, 9.17) is 11.6 Å². The Morgan fingerprint density at radius 3 is 2.58 bits per heavy atom. The molecule has 0 aliphatic rings. The minimum absolute atomic E-state index is 0.0418. The SMILES string of the molecule is Cc1cnc2c(=O)c(-c3cc4cc(C(F)(F)F)ncc4s3)nn(-c3ccc(Cl)cc3F)c2c1. The molecule has 11 heteroatoms. The summed E-state index contributed by atoms with van der Waals surface area (Å²) in [6, 6.07) is 8.02. The van der Waals surface area contributed by atoms with Gasteiger partial charge in [-0.25, -0.2) is 9.07 Å². The predicted molar refractivity (Wildman–Crippen MR) is 118 cm³/mol. The third kappa shape index (κ3) is 3.75. The highest BCUT2D eigenvalue weighted by atomic mass is 35.5. The molecule has 1 aromatic carbocycles. The van der Waals surface area contributed by atoms with Gasteiger partial charge in [-0.1, -0.05) is 11.6 Å². The Labute approximate surface area is 191 Å². The van der Waals surface area contributed by atoms with Crippen molar-refractivity contribution in [3.05, 3.63) is 81.1 Å². The van der Waals surface area contributed by atoms with Crippen LogP contribution in [0.25, 0.3) is 37.4 Å². The minimum Gasteiger partial charge on any atom is -0.285 e. The van der Waals surface area contributed by atoms with E-state index in [0.29, 0.717) is 9.58 Å². The summed E-state index contributed by atoms with van der Waals surface area (Å²) in [6.45, 7) is 1.77. The Hall–Kier alpha value is -3.37. The lowest BCUT2D eigenvalue weighted by atomic mass is 10.2. The topological polar surface area (TPSA) is 60.7 Å². The number of hydrogen-bond donors (Lipinski definition) is 0. The summed E-state index contributed by atoms with van der Waals surface area (Å²) in [6.07, 6.45) is -2.00. The summed E-state index contributed by atoms with van der Waals surface area (Å²) in [5.74, 6) is -0.664. The Kier molecular flexibility index (Phi) is 4.95. The molecule has 0 bridgehead atoms.